The third-order valence-electron chi connectivity index (χ3n) is 11.7. The summed E-state index contributed by atoms with van der Waals surface area (Å²) in [4.78, 5) is 29.8. The van der Waals surface area contributed by atoms with Crippen LogP contribution in [-0.2, 0) is 38.0 Å². The molecule has 60 heavy (non-hydrogen) atoms. The van der Waals surface area contributed by atoms with Crippen LogP contribution in [0.25, 0.3) is 0 Å². The zero-order chi connectivity index (χ0) is 45.6. The van der Waals surface area contributed by atoms with Gasteiger partial charge in [0.1, 0.15) is 97.7 Å². The van der Waals surface area contributed by atoms with Crippen LogP contribution < -0.4 is 0 Å². The lowest BCUT2D eigenvalue weighted by Gasteiger charge is -2.62. The van der Waals surface area contributed by atoms with Crippen LogP contribution in [0.5, 0.6) is 0 Å². The highest BCUT2D eigenvalue weighted by Crippen LogP contribution is 2.54. The van der Waals surface area contributed by atoms with Crippen LogP contribution in [0, 0.1) is 0 Å². The van der Waals surface area contributed by atoms with Crippen molar-refractivity contribution in [3.8, 4) is 0 Å². The first-order valence-electron chi connectivity index (χ1n) is 17.7. The molecule has 22 N–H and O–H groups in total. The molecule has 5 aliphatic heterocycles. The molecule has 0 bridgehead atoms. The van der Waals surface area contributed by atoms with E-state index in [9.17, 15) is 122 Å². The van der Waals surface area contributed by atoms with E-state index in [1.165, 1.54) is 0 Å². The van der Waals surface area contributed by atoms with Gasteiger partial charge >= 0.3 is 11.9 Å². The van der Waals surface area contributed by atoms with Gasteiger partial charge in [0.15, 0.2) is 12.2 Å². The number of hydrogen-bond donors (Lipinski definition) is 22. The summed E-state index contributed by atoms with van der Waals surface area (Å²) in [5, 5.41) is 239. The number of aliphatic hydroxyl groups is 22. The van der Waals surface area contributed by atoms with Gasteiger partial charge in [0.05, 0.1) is 26.4 Å². The van der Waals surface area contributed by atoms with E-state index < -0.39 is 183 Å². The van der Waals surface area contributed by atoms with Crippen molar-refractivity contribution in [1.82, 2.24) is 0 Å². The molecule has 5 fully saturated rings. The summed E-state index contributed by atoms with van der Waals surface area (Å²) in [6.45, 7) is -5.94. The number of carbonyl (C=O) groups excluding carboxylic acids is 2. The van der Waals surface area contributed by atoms with Gasteiger partial charge in [0.25, 0.3) is 22.8 Å². The largest absolute Gasteiger partial charge is 0.435 e. The van der Waals surface area contributed by atoms with Crippen LogP contribution in [0.15, 0.2) is 0 Å². The number of cyclic esters (lactones) is 2. The van der Waals surface area contributed by atoms with Crippen molar-refractivity contribution >= 4 is 11.9 Å². The molecule has 4 unspecified atom stereocenters. The number of aliphatic hydroxyl groups excluding tert-OH is 18. The number of ether oxygens (including phenoxy) is 6. The monoisotopic (exact) mass is 888 g/mol. The van der Waals surface area contributed by atoms with E-state index in [-0.39, 0.29) is 0 Å². The summed E-state index contributed by atoms with van der Waals surface area (Å²) in [6, 6.07) is 0. The lowest BCUT2D eigenvalue weighted by molar-refractivity contribution is -0.467. The molecule has 0 amide bonds. The molecule has 5 heterocycles. The van der Waals surface area contributed by atoms with E-state index in [1.807, 2.05) is 0 Å². The summed E-state index contributed by atoms with van der Waals surface area (Å²) in [5.41, 5.74) is -9.61. The molecule has 0 aromatic carbocycles. The van der Waals surface area contributed by atoms with Crippen molar-refractivity contribution in [3.63, 3.8) is 0 Å². The Hall–Kier alpha value is -2.10. The molecule has 30 nitrogen and oxygen atoms in total. The van der Waals surface area contributed by atoms with Gasteiger partial charge in [-0.05, 0) is 0 Å². The third kappa shape index (κ3) is 6.43. The molecule has 0 radical (unpaired) electrons. The van der Waals surface area contributed by atoms with Crippen LogP contribution in [0.3, 0.4) is 0 Å². The second-order valence-electron chi connectivity index (χ2n) is 15.0. The van der Waals surface area contributed by atoms with E-state index in [0.29, 0.717) is 0 Å². The fraction of sp³-hybridized carbons (Fsp3) is 0.933. The zero-order valence-corrected chi connectivity index (χ0v) is 30.3. The maximum absolute atomic E-state index is 14.9. The molecular weight excluding hydrogens is 840 g/mol. The molecule has 5 rings (SSSR count). The fourth-order valence-corrected chi connectivity index (χ4v) is 8.01. The van der Waals surface area contributed by atoms with Gasteiger partial charge in [-0.15, -0.1) is 0 Å². The van der Waals surface area contributed by atoms with E-state index in [0.717, 1.165) is 0 Å². The SMILES string of the molecule is O=C1OC(C(O)[C@@]2(O)O[C@H](CO)[C@@H](O)[C@H](O)[C@@H]2O)([C@@]2(O)O[C@H](CO)[C@@H](O)[C@H](O)[C@@H]2O)C(=O)OC1(C(O)[C@@]1(O)O[C@H](CO)[C@@H](O)[C@H](O)[C@@H]1O)[C@@]1(O)O[C@H](CO)[C@@H](O)[C@H](O)[C@@H]1O. The average molecular weight is 889 g/mol. The first-order valence-corrected chi connectivity index (χ1v) is 17.7. The van der Waals surface area contributed by atoms with Crippen LogP contribution in [0.4, 0.5) is 0 Å². The molecule has 5 saturated heterocycles. The fourth-order valence-electron chi connectivity index (χ4n) is 8.01. The number of hydrogen-bond acceptors (Lipinski definition) is 30. The molecule has 0 spiro atoms. The van der Waals surface area contributed by atoms with Crippen LogP contribution in [0.1, 0.15) is 0 Å². The molecule has 0 aromatic rings. The van der Waals surface area contributed by atoms with E-state index in [4.69, 9.17) is 28.4 Å². The Morgan fingerprint density at radius 1 is 0.400 bits per heavy atom. The first kappa shape index (κ1) is 48.9. The number of rotatable bonds is 10. The minimum absolute atomic E-state index is 1.44. The number of esters is 2. The molecular formula is C30H48O30. The maximum Gasteiger partial charge on any atom is 0.361 e. The van der Waals surface area contributed by atoms with Crippen molar-refractivity contribution in [2.75, 3.05) is 26.4 Å². The molecule has 5 aliphatic rings. The Bertz CT molecular complexity index is 1460. The zero-order valence-electron chi connectivity index (χ0n) is 30.3. The minimum atomic E-state index is -4.80. The predicted molar refractivity (Wildman–Crippen MR) is 169 cm³/mol. The normalized spacial score (nSPS) is 55.1. The van der Waals surface area contributed by atoms with Gasteiger partial charge < -0.3 is 141 Å². The van der Waals surface area contributed by atoms with Crippen LogP contribution in [0.2, 0.25) is 0 Å². The maximum atomic E-state index is 14.9. The molecule has 0 aromatic heterocycles. The van der Waals surface area contributed by atoms with Crippen molar-refractivity contribution < 1.29 is 150 Å². The lowest BCUT2D eigenvalue weighted by atomic mass is 9.69. The lowest BCUT2D eigenvalue weighted by Crippen LogP contribution is -2.90. The highest BCUT2D eigenvalue weighted by atomic mass is 16.8. The Morgan fingerprint density at radius 2 is 0.633 bits per heavy atom. The average Bonchev–Trinajstić information content (AvgIpc) is 3.22. The number of carbonyl (C=O) groups is 2. The smallest absolute Gasteiger partial charge is 0.361 e. The van der Waals surface area contributed by atoms with Crippen molar-refractivity contribution in [2.24, 2.45) is 0 Å². The summed E-state index contributed by atoms with van der Waals surface area (Å²) in [6.07, 6.45) is -51.8. The second-order valence-corrected chi connectivity index (χ2v) is 15.0. The second kappa shape index (κ2) is 16.5. The molecule has 0 aliphatic carbocycles. The van der Waals surface area contributed by atoms with Crippen molar-refractivity contribution in [2.45, 2.75) is 144 Å². The molecule has 30 heteroatoms. The van der Waals surface area contributed by atoms with E-state index in [1.54, 1.807) is 0 Å². The molecule has 24 atom stereocenters. The Kier molecular flexibility index (Phi) is 13.4. The van der Waals surface area contributed by atoms with E-state index in [2.05, 4.69) is 0 Å². The molecule has 348 valence electrons. The summed E-state index contributed by atoms with van der Waals surface area (Å²) >= 11 is 0. The quantitative estimate of drug-likeness (QED) is 0.0906. The highest BCUT2D eigenvalue weighted by molar-refractivity contribution is 5.96. The minimum Gasteiger partial charge on any atom is -0.435 e. The van der Waals surface area contributed by atoms with Crippen LogP contribution in [-0.4, -0.2) is 295 Å². The Balaban J connectivity index is 1.83. The van der Waals surface area contributed by atoms with Gasteiger partial charge in [0, 0.05) is 0 Å². The van der Waals surface area contributed by atoms with Gasteiger partial charge in [-0.2, -0.15) is 0 Å². The predicted octanol–water partition coefficient (Wildman–Crippen LogP) is -16.1. The summed E-state index contributed by atoms with van der Waals surface area (Å²) in [7, 11) is 0. The summed E-state index contributed by atoms with van der Waals surface area (Å²) < 4.78 is 30.2. The van der Waals surface area contributed by atoms with Gasteiger partial charge in [0.2, 0.25) is 11.6 Å². The van der Waals surface area contributed by atoms with Gasteiger partial charge in [-0.3, -0.25) is 0 Å². The Labute approximate surface area is 333 Å². The van der Waals surface area contributed by atoms with Crippen LogP contribution >= 0.6 is 0 Å². The summed E-state index contributed by atoms with van der Waals surface area (Å²) in [5.74, 6) is -23.6. The first-order chi connectivity index (χ1) is 27.7. The van der Waals surface area contributed by atoms with Crippen molar-refractivity contribution in [1.29, 1.82) is 0 Å². The highest BCUT2D eigenvalue weighted by Gasteiger charge is 2.87. The molecule has 0 saturated carbocycles. The van der Waals surface area contributed by atoms with Gasteiger partial charge in [-0.25, -0.2) is 9.59 Å². The topological polar surface area (TPSA) is 535 Å². The van der Waals surface area contributed by atoms with Crippen molar-refractivity contribution in [3.05, 3.63) is 0 Å². The third-order valence-corrected chi connectivity index (χ3v) is 11.7. The van der Waals surface area contributed by atoms with Gasteiger partial charge in [-0.1, -0.05) is 0 Å². The standard InChI is InChI=1S/C30H48O30/c31-1-5-9(35)13(39)17(43)27(51,55-5)21(47)25(29(53)19(45)15(41)11(37)7(3-33)57-29)23(49)60-26(24(50)59-25,30(54)20(46)16(42)12(38)8(4-34)58-30)22(48)28(52)18(44)14(40)10(36)6(2-32)56-28/h5-22,31-48,51-54H,1-4H2/t5-,6-,7-,8-,9-,10-,11-,12-,13+,14+,15+,16+,17+,18+,19+,20+,21?,22?,25?,26?,27+,28+,29+,30+/m1/s1. The Morgan fingerprint density at radius 3 is 0.883 bits per heavy atom. The van der Waals surface area contributed by atoms with E-state index >= 15 is 0 Å².